The number of hydrogen-bond acceptors (Lipinski definition) is 5. The Morgan fingerprint density at radius 1 is 0.974 bits per heavy atom. The van der Waals surface area contributed by atoms with Crippen molar-refractivity contribution in [3.63, 3.8) is 0 Å². The van der Waals surface area contributed by atoms with E-state index in [0.29, 0.717) is 19.4 Å². The van der Waals surface area contributed by atoms with Gasteiger partial charge in [0.25, 0.3) is 5.91 Å². The highest BCUT2D eigenvalue weighted by molar-refractivity contribution is 5.96. The Morgan fingerprint density at radius 2 is 1.82 bits per heavy atom. The van der Waals surface area contributed by atoms with Gasteiger partial charge in [-0.25, -0.2) is 4.39 Å². The summed E-state index contributed by atoms with van der Waals surface area (Å²) in [6, 6.07) is 21.0. The molecule has 8 heteroatoms. The summed E-state index contributed by atoms with van der Waals surface area (Å²) < 4.78 is 22.2. The minimum Gasteiger partial charge on any atom is -0.482 e. The summed E-state index contributed by atoms with van der Waals surface area (Å²) in [6.45, 7) is 0.734. The molecule has 4 heterocycles. The molecule has 1 atom stereocenters. The fourth-order valence-corrected chi connectivity index (χ4v) is 5.22. The van der Waals surface area contributed by atoms with E-state index in [0.717, 1.165) is 22.4 Å². The lowest BCUT2D eigenvalue weighted by atomic mass is 9.94. The predicted molar refractivity (Wildman–Crippen MR) is 146 cm³/mol. The van der Waals surface area contributed by atoms with Crippen LogP contribution in [-0.2, 0) is 13.0 Å². The number of hydrogen-bond donors (Lipinski definition) is 0. The molecule has 0 fully saturated rings. The number of carbonyl (C=O) groups is 1. The lowest BCUT2D eigenvalue weighted by molar-refractivity contribution is 0.0697. The van der Waals surface area contributed by atoms with Gasteiger partial charge < -0.3 is 9.64 Å². The number of pyridine rings is 2. The predicted octanol–water partition coefficient (Wildman–Crippen LogP) is 4.60. The van der Waals surface area contributed by atoms with E-state index in [2.05, 4.69) is 4.98 Å². The Kier molecular flexibility index (Phi) is 6.67. The van der Waals surface area contributed by atoms with Crippen molar-refractivity contribution in [1.29, 1.82) is 0 Å². The molecule has 2 aromatic carbocycles. The van der Waals surface area contributed by atoms with Gasteiger partial charge in [0, 0.05) is 25.0 Å². The summed E-state index contributed by atoms with van der Waals surface area (Å²) in [5, 5.41) is 1.99. The molecule has 1 amide bonds. The molecule has 4 aromatic rings. The van der Waals surface area contributed by atoms with E-state index >= 15 is 0 Å². The monoisotopic (exact) mass is 522 g/mol. The topological polar surface area (TPSA) is 67.7 Å². The zero-order chi connectivity index (χ0) is 26.8. The number of fused-ring (bicyclic) bond motifs is 5. The van der Waals surface area contributed by atoms with Gasteiger partial charge in [-0.2, -0.15) is 0 Å². The highest BCUT2D eigenvalue weighted by Gasteiger charge is 2.38. The van der Waals surface area contributed by atoms with Crippen LogP contribution in [-0.4, -0.2) is 33.7 Å². The van der Waals surface area contributed by atoms with Crippen molar-refractivity contribution in [2.45, 2.75) is 25.5 Å². The largest absolute Gasteiger partial charge is 0.482 e. The van der Waals surface area contributed by atoms with E-state index in [4.69, 9.17) is 4.74 Å². The first-order valence-corrected chi connectivity index (χ1v) is 12.9. The van der Waals surface area contributed by atoms with Gasteiger partial charge >= 0.3 is 0 Å². The Labute approximate surface area is 225 Å². The van der Waals surface area contributed by atoms with E-state index in [-0.39, 0.29) is 41.9 Å². The van der Waals surface area contributed by atoms with Crippen molar-refractivity contribution >= 4 is 5.91 Å². The first-order chi connectivity index (χ1) is 19.1. The van der Waals surface area contributed by atoms with Gasteiger partial charge in [-0.3, -0.25) is 24.3 Å². The molecule has 0 N–H and O–H groups in total. The van der Waals surface area contributed by atoms with Gasteiger partial charge in [0.1, 0.15) is 25.1 Å². The SMILES string of the molecule is O=C1c2c(OCc3ccccc3)c(=O)ccn2N2CN1C/C=C/CCc1cc(F)ccc1[C@H]2c1ccccn1. The molecule has 0 saturated heterocycles. The van der Waals surface area contributed by atoms with Crippen LogP contribution < -0.4 is 15.2 Å². The number of carbonyl (C=O) groups excluding carboxylic acids is 1. The van der Waals surface area contributed by atoms with Crippen LogP contribution in [0.5, 0.6) is 5.75 Å². The van der Waals surface area contributed by atoms with Crippen LogP contribution >= 0.6 is 0 Å². The third-order valence-corrected chi connectivity index (χ3v) is 7.08. The van der Waals surface area contributed by atoms with Gasteiger partial charge in [-0.05, 0) is 53.8 Å². The summed E-state index contributed by atoms with van der Waals surface area (Å²) in [7, 11) is 0. The Bertz CT molecular complexity index is 1590. The summed E-state index contributed by atoms with van der Waals surface area (Å²) in [4.78, 5) is 33.3. The average Bonchev–Trinajstić information content (AvgIpc) is 2.99. The third-order valence-electron chi connectivity index (χ3n) is 7.08. The second-order valence-electron chi connectivity index (χ2n) is 9.60. The molecule has 0 spiro atoms. The Hall–Kier alpha value is -4.72. The average molecular weight is 523 g/mol. The van der Waals surface area contributed by atoms with Gasteiger partial charge in [0.2, 0.25) is 5.43 Å². The summed E-state index contributed by atoms with van der Waals surface area (Å²) >= 11 is 0. The second kappa shape index (κ2) is 10.6. The zero-order valence-corrected chi connectivity index (χ0v) is 21.2. The van der Waals surface area contributed by atoms with Crippen LogP contribution in [0, 0.1) is 5.82 Å². The zero-order valence-electron chi connectivity index (χ0n) is 21.2. The maximum Gasteiger partial charge on any atom is 0.278 e. The second-order valence-corrected chi connectivity index (χ2v) is 9.60. The van der Waals surface area contributed by atoms with Crippen molar-refractivity contribution in [2.75, 3.05) is 18.2 Å². The van der Waals surface area contributed by atoms with Gasteiger partial charge in [0.05, 0.1) is 5.69 Å². The smallest absolute Gasteiger partial charge is 0.278 e. The molecule has 0 unspecified atom stereocenters. The first kappa shape index (κ1) is 24.6. The highest BCUT2D eigenvalue weighted by Crippen LogP contribution is 2.34. The molecule has 7 nitrogen and oxygen atoms in total. The lowest BCUT2D eigenvalue weighted by Crippen LogP contribution is -2.55. The number of halogens is 1. The number of ether oxygens (including phenoxy) is 1. The van der Waals surface area contributed by atoms with Gasteiger partial charge in [-0.15, -0.1) is 0 Å². The number of allylic oxidation sites excluding steroid dienone is 1. The normalized spacial score (nSPS) is 17.6. The summed E-state index contributed by atoms with van der Waals surface area (Å²) in [5.74, 6) is -0.600. The number of nitrogens with zero attached hydrogens (tertiary/aromatic N) is 4. The van der Waals surface area contributed by atoms with E-state index in [1.165, 1.54) is 12.1 Å². The van der Waals surface area contributed by atoms with E-state index in [1.54, 1.807) is 34.1 Å². The highest BCUT2D eigenvalue weighted by atomic mass is 19.1. The maximum atomic E-state index is 14.4. The minimum atomic E-state index is -0.460. The molecular weight excluding hydrogens is 495 g/mol. The third kappa shape index (κ3) is 4.81. The quantitative estimate of drug-likeness (QED) is 0.367. The number of rotatable bonds is 4. The minimum absolute atomic E-state index is 0.000921. The maximum absolute atomic E-state index is 14.4. The van der Waals surface area contributed by atoms with E-state index in [9.17, 15) is 14.0 Å². The van der Waals surface area contributed by atoms with Crippen LogP contribution in [0.2, 0.25) is 0 Å². The molecule has 196 valence electrons. The van der Waals surface area contributed by atoms with Crippen molar-refractivity contribution in [1.82, 2.24) is 14.6 Å². The Morgan fingerprint density at radius 3 is 2.64 bits per heavy atom. The summed E-state index contributed by atoms with van der Waals surface area (Å²) in [5.41, 5.74) is 3.15. The molecule has 6 rings (SSSR count). The van der Waals surface area contributed by atoms with Crippen LogP contribution in [0.25, 0.3) is 0 Å². The molecule has 2 bridgehead atoms. The van der Waals surface area contributed by atoms with Crippen molar-refractivity contribution in [2.24, 2.45) is 0 Å². The van der Waals surface area contributed by atoms with Crippen LogP contribution in [0.1, 0.15) is 45.3 Å². The lowest BCUT2D eigenvalue weighted by Gasteiger charge is -2.43. The fraction of sp³-hybridized carbons (Fsp3) is 0.194. The van der Waals surface area contributed by atoms with Crippen molar-refractivity contribution < 1.29 is 13.9 Å². The van der Waals surface area contributed by atoms with Crippen molar-refractivity contribution in [3.8, 4) is 5.75 Å². The van der Waals surface area contributed by atoms with Gasteiger partial charge in [-0.1, -0.05) is 54.6 Å². The molecule has 0 aliphatic carbocycles. The Balaban J connectivity index is 1.55. The van der Waals surface area contributed by atoms with Crippen LogP contribution in [0.15, 0.2) is 102 Å². The van der Waals surface area contributed by atoms with Crippen molar-refractivity contribution in [3.05, 3.63) is 141 Å². The van der Waals surface area contributed by atoms with E-state index in [1.807, 2.05) is 65.7 Å². The first-order valence-electron chi connectivity index (χ1n) is 12.9. The number of benzene rings is 2. The van der Waals surface area contributed by atoms with E-state index < -0.39 is 6.04 Å². The molecule has 39 heavy (non-hydrogen) atoms. The molecule has 0 radical (unpaired) electrons. The molecular formula is C31H27FN4O3. The summed E-state index contributed by atoms with van der Waals surface area (Å²) in [6.07, 6.45) is 8.61. The number of amides is 1. The van der Waals surface area contributed by atoms with Gasteiger partial charge in [0.15, 0.2) is 11.4 Å². The van der Waals surface area contributed by atoms with Crippen LogP contribution in [0.3, 0.4) is 0 Å². The number of aromatic nitrogens is 2. The number of aryl methyl sites for hydroxylation is 1. The molecule has 0 saturated carbocycles. The molecule has 2 aromatic heterocycles. The molecule has 2 aliphatic heterocycles. The molecule has 2 aliphatic rings. The standard InChI is InChI=1S/C31H27FN4O3/c32-24-13-14-25-23(19-24)11-5-2-8-17-34-21-36(28(25)26-12-6-7-16-33-26)35-18-15-27(37)30(29(35)31(34)38)39-20-22-9-3-1-4-10-22/h1-4,6-10,12-16,18-19,28H,5,11,17,20-21H2/b8-2+/t28-/m0/s1. The van der Waals surface area contributed by atoms with Crippen LogP contribution in [0.4, 0.5) is 4.39 Å². The fourth-order valence-electron chi connectivity index (χ4n) is 5.22.